The second-order valence-corrected chi connectivity index (χ2v) is 13.7. The lowest BCUT2D eigenvalue weighted by Crippen LogP contribution is -2.75. The van der Waals surface area contributed by atoms with Crippen LogP contribution in [-0.2, 0) is 39.9 Å². The summed E-state index contributed by atoms with van der Waals surface area (Å²) in [6.07, 6.45) is -0.390. The summed E-state index contributed by atoms with van der Waals surface area (Å²) in [5.74, 6) is -9.64. The number of nitrogen functional groups attached to an aromatic ring is 1. The first kappa shape index (κ1) is 36.6. The van der Waals surface area contributed by atoms with Crippen LogP contribution in [0, 0.1) is 22.7 Å². The molecule has 6 N–H and O–H groups in total. The predicted octanol–water partition coefficient (Wildman–Crippen LogP) is 2.62. The summed E-state index contributed by atoms with van der Waals surface area (Å²) in [6, 6.07) is 12.0. The van der Waals surface area contributed by atoms with Crippen molar-refractivity contribution >= 4 is 47.0 Å². The highest BCUT2D eigenvalue weighted by atomic mass is 16.6. The predicted molar refractivity (Wildman–Crippen MR) is 173 cm³/mol. The average Bonchev–Trinajstić information content (AvgIpc) is 3.22. The molecule has 0 bridgehead atoms. The van der Waals surface area contributed by atoms with Gasteiger partial charge in [-0.2, -0.15) is 0 Å². The van der Waals surface area contributed by atoms with E-state index in [0.29, 0.717) is 20.9 Å². The maximum absolute atomic E-state index is 14.6. The Hall–Kier alpha value is -4.91. The lowest BCUT2D eigenvalue weighted by molar-refractivity contribution is -0.179. The zero-order valence-corrected chi connectivity index (χ0v) is 27.7. The molecule has 1 saturated heterocycles. The molecular formula is C34H43N5O8. The van der Waals surface area contributed by atoms with Gasteiger partial charge in [-0.05, 0) is 57.2 Å². The Bertz CT molecular complexity index is 1580. The Morgan fingerprint density at radius 3 is 2.00 bits per heavy atom. The Morgan fingerprint density at radius 1 is 1.00 bits per heavy atom. The molecule has 3 amide bonds. The van der Waals surface area contributed by atoms with Gasteiger partial charge in [0.1, 0.15) is 11.4 Å². The molecule has 1 fully saturated rings. The largest absolute Gasteiger partial charge is 0.481 e. The minimum absolute atomic E-state index is 0.0193. The number of nitrogens with one attached hydrogen (secondary N) is 1. The number of ketones is 1. The molecule has 47 heavy (non-hydrogen) atoms. The molecule has 13 nitrogen and oxygen atoms in total. The highest BCUT2D eigenvalue weighted by Gasteiger charge is 2.65. The van der Waals surface area contributed by atoms with Crippen LogP contribution in [0.2, 0.25) is 0 Å². The number of likely N-dealkylation sites (tertiary alicyclic amines) is 1. The number of carboxylic acids is 1. The SMILES string of the molecule is CC(=O)[C@](C(=O)OC(C)(C)C)(N1C(=O)CC(Cc2ccc(C(=N)N)cc2)C1=O)N(C(=O)[C@@H](N)C(C(=O)O)C(C)(C)C)c1ccccc1. The number of para-hydroxylation sites is 1. The lowest BCUT2D eigenvalue weighted by atomic mass is 9.75. The molecule has 0 spiro atoms. The van der Waals surface area contributed by atoms with Gasteiger partial charge in [0.2, 0.25) is 17.7 Å². The summed E-state index contributed by atoms with van der Waals surface area (Å²) in [5.41, 5.74) is 7.55. The standard InChI is InChI=1S/C34H43N5O8/c1-19(40)34(31(46)47-33(5,6)7,39-24(41)18-22(28(39)42)17-20-13-15-21(16-14-20)27(36)37)38(23-11-9-8-10-12-23)29(43)26(35)25(30(44)45)32(2,3)4/h8-16,22,25-26H,17-18,35H2,1-7H3,(H3,36,37)(H,44,45)/t22?,25?,26-,34+/m0/s1. The van der Waals surface area contributed by atoms with Crippen molar-refractivity contribution in [2.45, 2.75) is 78.6 Å². The van der Waals surface area contributed by atoms with Gasteiger partial charge < -0.3 is 21.3 Å². The molecule has 2 unspecified atom stereocenters. The molecule has 0 aromatic heterocycles. The van der Waals surface area contributed by atoms with Crippen LogP contribution in [0.4, 0.5) is 5.69 Å². The number of nitrogens with zero attached hydrogens (tertiary/aromatic N) is 2. The fraction of sp³-hybridized carbons (Fsp3) is 0.441. The molecule has 2 aromatic carbocycles. The van der Waals surface area contributed by atoms with E-state index in [0.717, 1.165) is 6.92 Å². The number of carbonyl (C=O) groups is 6. The number of amidine groups is 1. The molecule has 1 aliphatic rings. The van der Waals surface area contributed by atoms with Gasteiger partial charge in [0, 0.05) is 17.7 Å². The number of hydrogen-bond donors (Lipinski definition) is 4. The number of esters is 1. The van der Waals surface area contributed by atoms with Crippen LogP contribution in [0.5, 0.6) is 0 Å². The van der Waals surface area contributed by atoms with Gasteiger partial charge in [-0.15, -0.1) is 0 Å². The van der Waals surface area contributed by atoms with Crippen molar-refractivity contribution in [2.24, 2.45) is 28.7 Å². The number of carboxylic acid groups (broad SMARTS) is 1. The molecule has 2 aromatic rings. The van der Waals surface area contributed by atoms with Gasteiger partial charge in [-0.25, -0.2) is 9.69 Å². The van der Waals surface area contributed by atoms with E-state index in [2.05, 4.69) is 0 Å². The highest BCUT2D eigenvalue weighted by molar-refractivity contribution is 6.23. The zero-order chi connectivity index (χ0) is 35.6. The first-order valence-electron chi connectivity index (χ1n) is 15.1. The monoisotopic (exact) mass is 649 g/mol. The van der Waals surface area contributed by atoms with E-state index in [-0.39, 0.29) is 17.9 Å². The molecule has 0 radical (unpaired) electrons. The molecule has 252 valence electrons. The molecular weight excluding hydrogens is 606 g/mol. The Morgan fingerprint density at radius 2 is 1.55 bits per heavy atom. The van der Waals surface area contributed by atoms with Gasteiger partial charge in [-0.1, -0.05) is 63.2 Å². The third-order valence-corrected chi connectivity index (χ3v) is 7.89. The fourth-order valence-corrected chi connectivity index (χ4v) is 5.79. The van der Waals surface area contributed by atoms with E-state index < -0.39 is 76.4 Å². The number of Topliss-reactive ketones (excluding diaryl/α,β-unsaturated/α-hetero) is 1. The average molecular weight is 650 g/mol. The number of nitrogens with two attached hydrogens (primary N) is 2. The summed E-state index contributed by atoms with van der Waals surface area (Å²) >= 11 is 0. The van der Waals surface area contributed by atoms with Crippen LogP contribution >= 0.6 is 0 Å². The topological polar surface area (TPSA) is 214 Å². The van der Waals surface area contributed by atoms with Crippen molar-refractivity contribution in [2.75, 3.05) is 4.90 Å². The van der Waals surface area contributed by atoms with Crippen molar-refractivity contribution in [1.82, 2.24) is 4.90 Å². The van der Waals surface area contributed by atoms with Gasteiger partial charge >= 0.3 is 11.9 Å². The third-order valence-electron chi connectivity index (χ3n) is 7.89. The second kappa shape index (κ2) is 13.4. The normalized spacial score (nSPS) is 17.8. The quantitative estimate of drug-likeness (QED) is 0.0918. The lowest BCUT2D eigenvalue weighted by Gasteiger charge is -2.46. The number of hydrogen-bond acceptors (Lipinski definition) is 9. The van der Waals surface area contributed by atoms with Crippen molar-refractivity contribution < 1.29 is 38.6 Å². The van der Waals surface area contributed by atoms with Crippen molar-refractivity contribution in [3.8, 4) is 0 Å². The maximum Gasteiger partial charge on any atom is 0.363 e. The zero-order valence-electron chi connectivity index (χ0n) is 27.7. The van der Waals surface area contributed by atoms with Crippen molar-refractivity contribution in [3.05, 3.63) is 65.7 Å². The minimum Gasteiger partial charge on any atom is -0.481 e. The number of aliphatic carboxylic acids is 1. The first-order valence-corrected chi connectivity index (χ1v) is 15.1. The number of benzene rings is 2. The number of amides is 3. The smallest absolute Gasteiger partial charge is 0.363 e. The second-order valence-electron chi connectivity index (χ2n) is 13.7. The summed E-state index contributed by atoms with van der Waals surface area (Å²) in [4.78, 5) is 84.8. The number of rotatable bonds is 11. The third kappa shape index (κ3) is 7.40. The summed E-state index contributed by atoms with van der Waals surface area (Å²) in [5, 5.41) is 17.7. The molecule has 1 heterocycles. The van der Waals surface area contributed by atoms with Crippen LogP contribution < -0.4 is 16.4 Å². The molecule has 0 aliphatic carbocycles. The summed E-state index contributed by atoms with van der Waals surface area (Å²) in [7, 11) is 0. The fourth-order valence-electron chi connectivity index (χ4n) is 5.79. The Labute approximate surface area is 273 Å². The number of ether oxygens (including phenoxy) is 1. The number of anilines is 1. The van der Waals surface area contributed by atoms with Gasteiger partial charge in [0.25, 0.3) is 5.66 Å². The minimum atomic E-state index is -3.02. The molecule has 1 aliphatic heterocycles. The number of imide groups is 1. The van der Waals surface area contributed by atoms with Gasteiger partial charge in [0.05, 0.1) is 17.9 Å². The van der Waals surface area contributed by atoms with E-state index in [1.807, 2.05) is 0 Å². The van der Waals surface area contributed by atoms with Gasteiger partial charge in [-0.3, -0.25) is 34.3 Å². The van der Waals surface area contributed by atoms with Crippen molar-refractivity contribution in [3.63, 3.8) is 0 Å². The first-order chi connectivity index (χ1) is 21.6. The maximum atomic E-state index is 14.6. The van der Waals surface area contributed by atoms with E-state index in [4.69, 9.17) is 21.6 Å². The Balaban J connectivity index is 2.31. The van der Waals surface area contributed by atoms with Crippen LogP contribution in [-0.4, -0.2) is 68.6 Å². The molecule has 13 heteroatoms. The molecule has 3 rings (SSSR count). The number of carbonyl (C=O) groups excluding carboxylic acids is 5. The molecule has 4 atom stereocenters. The van der Waals surface area contributed by atoms with Crippen LogP contribution in [0.1, 0.15) is 66.0 Å². The van der Waals surface area contributed by atoms with Crippen LogP contribution in [0.15, 0.2) is 54.6 Å². The summed E-state index contributed by atoms with van der Waals surface area (Å²) < 4.78 is 5.68. The van der Waals surface area contributed by atoms with Gasteiger partial charge in [0.15, 0.2) is 5.78 Å². The van der Waals surface area contributed by atoms with E-state index >= 15 is 0 Å². The van der Waals surface area contributed by atoms with E-state index in [9.17, 15) is 33.9 Å². The summed E-state index contributed by atoms with van der Waals surface area (Å²) in [6.45, 7) is 10.2. The van der Waals surface area contributed by atoms with Crippen molar-refractivity contribution in [1.29, 1.82) is 5.41 Å². The molecule has 0 saturated carbocycles. The van der Waals surface area contributed by atoms with Crippen LogP contribution in [0.25, 0.3) is 0 Å². The van der Waals surface area contributed by atoms with Crippen LogP contribution in [0.3, 0.4) is 0 Å². The Kier molecular flexibility index (Phi) is 10.5. The van der Waals surface area contributed by atoms with E-state index in [1.165, 1.54) is 45.0 Å². The highest BCUT2D eigenvalue weighted by Crippen LogP contribution is 2.39. The van der Waals surface area contributed by atoms with E-state index in [1.54, 1.807) is 51.1 Å².